The van der Waals surface area contributed by atoms with Crippen LogP contribution < -0.4 is 5.32 Å². The van der Waals surface area contributed by atoms with Gasteiger partial charge in [-0.1, -0.05) is 12.1 Å². The molecule has 76 valence electrons. The SMILES string of the molecule is CSc1ccccc1NC(=O)C(C)Cl. The molecule has 4 heteroatoms. The molecule has 0 spiro atoms. The van der Waals surface area contributed by atoms with Crippen LogP contribution in [0.3, 0.4) is 0 Å². The lowest BCUT2D eigenvalue weighted by Crippen LogP contribution is -2.20. The fourth-order valence-corrected chi connectivity index (χ4v) is 1.59. The molecule has 1 rings (SSSR count). The first kappa shape index (κ1) is 11.4. The van der Waals surface area contributed by atoms with Gasteiger partial charge in [-0.15, -0.1) is 23.4 Å². The second-order valence-electron chi connectivity index (χ2n) is 2.81. The minimum atomic E-state index is -0.509. The van der Waals surface area contributed by atoms with Crippen molar-refractivity contribution in [1.29, 1.82) is 0 Å². The van der Waals surface area contributed by atoms with Crippen LogP contribution >= 0.6 is 23.4 Å². The second-order valence-corrected chi connectivity index (χ2v) is 4.31. The van der Waals surface area contributed by atoms with E-state index in [2.05, 4.69) is 5.32 Å². The molecule has 1 aromatic rings. The molecular weight excluding hydrogens is 218 g/mol. The Morgan fingerprint density at radius 1 is 1.50 bits per heavy atom. The highest BCUT2D eigenvalue weighted by molar-refractivity contribution is 7.98. The lowest BCUT2D eigenvalue weighted by atomic mass is 10.3. The minimum Gasteiger partial charge on any atom is -0.324 e. The average molecular weight is 230 g/mol. The molecule has 1 amide bonds. The van der Waals surface area contributed by atoms with Crippen molar-refractivity contribution in [3.63, 3.8) is 0 Å². The zero-order chi connectivity index (χ0) is 10.6. The Balaban J connectivity index is 2.80. The molecule has 1 N–H and O–H groups in total. The van der Waals surface area contributed by atoms with Crippen LogP contribution in [0, 0.1) is 0 Å². The predicted molar refractivity (Wildman–Crippen MR) is 62.2 cm³/mol. The van der Waals surface area contributed by atoms with Crippen molar-refractivity contribution in [2.75, 3.05) is 11.6 Å². The summed E-state index contributed by atoms with van der Waals surface area (Å²) in [7, 11) is 0. The summed E-state index contributed by atoms with van der Waals surface area (Å²) in [6, 6.07) is 7.64. The van der Waals surface area contributed by atoms with Crippen molar-refractivity contribution in [2.45, 2.75) is 17.2 Å². The van der Waals surface area contributed by atoms with E-state index in [1.165, 1.54) is 0 Å². The molecule has 1 atom stereocenters. The van der Waals surface area contributed by atoms with Crippen LogP contribution in [0.1, 0.15) is 6.92 Å². The Hall–Kier alpha value is -0.670. The Labute approximate surface area is 93.0 Å². The van der Waals surface area contributed by atoms with E-state index in [4.69, 9.17) is 11.6 Å². The van der Waals surface area contributed by atoms with E-state index in [0.717, 1.165) is 10.6 Å². The molecule has 1 unspecified atom stereocenters. The number of carbonyl (C=O) groups excluding carboxylic acids is 1. The van der Waals surface area contributed by atoms with Crippen LogP contribution in [-0.2, 0) is 4.79 Å². The van der Waals surface area contributed by atoms with Crippen LogP contribution in [-0.4, -0.2) is 17.5 Å². The van der Waals surface area contributed by atoms with Crippen molar-refractivity contribution < 1.29 is 4.79 Å². The highest BCUT2D eigenvalue weighted by Gasteiger charge is 2.10. The number of nitrogens with one attached hydrogen (secondary N) is 1. The minimum absolute atomic E-state index is 0.173. The maximum atomic E-state index is 11.3. The zero-order valence-electron chi connectivity index (χ0n) is 8.08. The highest BCUT2D eigenvalue weighted by atomic mass is 35.5. The Kier molecular flexibility index (Phi) is 4.29. The molecule has 0 bridgehead atoms. The zero-order valence-corrected chi connectivity index (χ0v) is 9.65. The smallest absolute Gasteiger partial charge is 0.242 e. The Bertz CT molecular complexity index is 328. The largest absolute Gasteiger partial charge is 0.324 e. The van der Waals surface area contributed by atoms with E-state index in [1.54, 1.807) is 18.7 Å². The van der Waals surface area contributed by atoms with E-state index in [-0.39, 0.29) is 5.91 Å². The van der Waals surface area contributed by atoms with Gasteiger partial charge in [-0.3, -0.25) is 4.79 Å². The number of anilines is 1. The van der Waals surface area contributed by atoms with E-state index >= 15 is 0 Å². The van der Waals surface area contributed by atoms with Crippen LogP contribution in [0.15, 0.2) is 29.2 Å². The third-order valence-corrected chi connectivity index (χ3v) is 2.72. The third-order valence-electron chi connectivity index (χ3n) is 1.73. The molecule has 14 heavy (non-hydrogen) atoms. The number of rotatable bonds is 3. The van der Waals surface area contributed by atoms with Gasteiger partial charge in [0.15, 0.2) is 0 Å². The molecule has 1 aromatic carbocycles. The fourth-order valence-electron chi connectivity index (χ4n) is 0.980. The molecule has 0 radical (unpaired) electrons. The highest BCUT2D eigenvalue weighted by Crippen LogP contribution is 2.24. The topological polar surface area (TPSA) is 29.1 Å². The van der Waals surface area contributed by atoms with Crippen LogP contribution in [0.5, 0.6) is 0 Å². The number of carbonyl (C=O) groups is 1. The Morgan fingerprint density at radius 2 is 2.14 bits per heavy atom. The summed E-state index contributed by atoms with van der Waals surface area (Å²) in [5.74, 6) is -0.173. The number of hydrogen-bond donors (Lipinski definition) is 1. The number of amides is 1. The summed E-state index contributed by atoms with van der Waals surface area (Å²) < 4.78 is 0. The monoisotopic (exact) mass is 229 g/mol. The number of halogens is 1. The van der Waals surface area contributed by atoms with Gasteiger partial charge < -0.3 is 5.32 Å². The standard InChI is InChI=1S/C10H12ClNOS/c1-7(11)10(13)12-8-5-3-4-6-9(8)14-2/h3-7H,1-2H3,(H,12,13). The van der Waals surface area contributed by atoms with E-state index in [1.807, 2.05) is 30.5 Å². The normalized spacial score (nSPS) is 12.2. The number of benzene rings is 1. The first-order valence-electron chi connectivity index (χ1n) is 4.23. The third kappa shape index (κ3) is 2.93. The number of alkyl halides is 1. The van der Waals surface area contributed by atoms with Gasteiger partial charge in [0, 0.05) is 4.90 Å². The summed E-state index contributed by atoms with van der Waals surface area (Å²) in [4.78, 5) is 12.4. The van der Waals surface area contributed by atoms with E-state index in [0.29, 0.717) is 0 Å². The quantitative estimate of drug-likeness (QED) is 0.638. The van der Waals surface area contributed by atoms with E-state index < -0.39 is 5.38 Å². The summed E-state index contributed by atoms with van der Waals surface area (Å²) in [6.07, 6.45) is 1.97. The summed E-state index contributed by atoms with van der Waals surface area (Å²) in [5.41, 5.74) is 0.817. The van der Waals surface area contributed by atoms with Gasteiger partial charge >= 0.3 is 0 Å². The molecule has 0 fully saturated rings. The summed E-state index contributed by atoms with van der Waals surface area (Å²) >= 11 is 7.25. The second kappa shape index (κ2) is 5.27. The molecule has 0 aliphatic rings. The molecule has 2 nitrogen and oxygen atoms in total. The summed E-state index contributed by atoms with van der Waals surface area (Å²) in [5, 5.41) is 2.26. The maximum absolute atomic E-state index is 11.3. The fraction of sp³-hybridized carbons (Fsp3) is 0.300. The van der Waals surface area contributed by atoms with Gasteiger partial charge in [0.25, 0.3) is 0 Å². The molecule has 0 saturated heterocycles. The van der Waals surface area contributed by atoms with Crippen LogP contribution in [0.4, 0.5) is 5.69 Å². The van der Waals surface area contributed by atoms with Crippen molar-refractivity contribution in [2.24, 2.45) is 0 Å². The number of hydrogen-bond acceptors (Lipinski definition) is 2. The first-order chi connectivity index (χ1) is 6.65. The molecule has 0 aromatic heterocycles. The molecule has 0 aliphatic heterocycles. The number of para-hydroxylation sites is 1. The predicted octanol–water partition coefficient (Wildman–Crippen LogP) is 2.97. The van der Waals surface area contributed by atoms with Crippen LogP contribution in [0.25, 0.3) is 0 Å². The van der Waals surface area contributed by atoms with Gasteiger partial charge in [0.05, 0.1) is 5.69 Å². The molecular formula is C10H12ClNOS. The number of thioether (sulfide) groups is 1. The van der Waals surface area contributed by atoms with Crippen molar-refractivity contribution in [1.82, 2.24) is 0 Å². The van der Waals surface area contributed by atoms with Gasteiger partial charge in [-0.25, -0.2) is 0 Å². The molecule has 0 aliphatic carbocycles. The molecule has 0 saturated carbocycles. The van der Waals surface area contributed by atoms with Gasteiger partial charge in [-0.2, -0.15) is 0 Å². The lowest BCUT2D eigenvalue weighted by molar-refractivity contribution is -0.115. The summed E-state index contributed by atoms with van der Waals surface area (Å²) in [6.45, 7) is 1.65. The van der Waals surface area contributed by atoms with Gasteiger partial charge in [0.1, 0.15) is 5.38 Å². The Morgan fingerprint density at radius 3 is 2.71 bits per heavy atom. The van der Waals surface area contributed by atoms with Gasteiger partial charge in [0.2, 0.25) is 5.91 Å². The van der Waals surface area contributed by atoms with Crippen molar-refractivity contribution in [3.8, 4) is 0 Å². The van der Waals surface area contributed by atoms with E-state index in [9.17, 15) is 4.79 Å². The van der Waals surface area contributed by atoms with Gasteiger partial charge in [-0.05, 0) is 25.3 Å². The molecule has 0 heterocycles. The first-order valence-corrected chi connectivity index (χ1v) is 5.89. The van der Waals surface area contributed by atoms with Crippen molar-refractivity contribution >= 4 is 35.0 Å². The average Bonchev–Trinajstić information content (AvgIpc) is 2.18. The van der Waals surface area contributed by atoms with Crippen molar-refractivity contribution in [3.05, 3.63) is 24.3 Å². The maximum Gasteiger partial charge on any atom is 0.242 e. The lowest BCUT2D eigenvalue weighted by Gasteiger charge is -2.09. The van der Waals surface area contributed by atoms with Crippen LogP contribution in [0.2, 0.25) is 0 Å².